The lowest BCUT2D eigenvalue weighted by atomic mass is 10.2. The second kappa shape index (κ2) is 7.84. The van der Waals surface area contributed by atoms with Crippen LogP contribution in [-0.4, -0.2) is 29.9 Å². The van der Waals surface area contributed by atoms with Crippen LogP contribution in [0.1, 0.15) is 53.9 Å². The van der Waals surface area contributed by atoms with E-state index >= 15 is 0 Å². The van der Waals surface area contributed by atoms with E-state index in [0.717, 1.165) is 6.54 Å². The van der Waals surface area contributed by atoms with E-state index in [1.165, 1.54) is 19.3 Å². The first-order valence-electron chi connectivity index (χ1n) is 5.87. The van der Waals surface area contributed by atoms with E-state index in [9.17, 15) is 0 Å². The van der Waals surface area contributed by atoms with Crippen LogP contribution in [0, 0.1) is 0 Å². The van der Waals surface area contributed by atoms with Crippen LogP contribution in [0.4, 0.5) is 0 Å². The first kappa shape index (κ1) is 13.5. The quantitative estimate of drug-likeness (QED) is 0.348. The SMILES string of the molecule is CCCCCN(C=NC(C)C)C(C)C. The number of hydrogen-bond acceptors (Lipinski definition) is 1. The molecule has 0 aliphatic rings. The van der Waals surface area contributed by atoms with Crippen molar-refractivity contribution in [3.8, 4) is 0 Å². The van der Waals surface area contributed by atoms with Gasteiger partial charge in [0.05, 0.1) is 6.34 Å². The maximum atomic E-state index is 4.43. The van der Waals surface area contributed by atoms with E-state index in [0.29, 0.717) is 12.1 Å². The van der Waals surface area contributed by atoms with Crippen molar-refractivity contribution in [1.82, 2.24) is 4.90 Å². The molecular formula is C12H26N2. The van der Waals surface area contributed by atoms with Crippen LogP contribution in [0.15, 0.2) is 4.99 Å². The number of unbranched alkanes of at least 4 members (excludes halogenated alkanes) is 2. The van der Waals surface area contributed by atoms with Crippen LogP contribution < -0.4 is 0 Å². The average molecular weight is 198 g/mol. The van der Waals surface area contributed by atoms with Gasteiger partial charge in [0.15, 0.2) is 0 Å². The summed E-state index contributed by atoms with van der Waals surface area (Å²) in [5, 5.41) is 0. The summed E-state index contributed by atoms with van der Waals surface area (Å²) in [6, 6.07) is 0.969. The van der Waals surface area contributed by atoms with Crippen LogP contribution in [0.3, 0.4) is 0 Å². The summed E-state index contributed by atoms with van der Waals surface area (Å²) < 4.78 is 0. The zero-order valence-electron chi connectivity index (χ0n) is 10.5. The molecular weight excluding hydrogens is 172 g/mol. The maximum Gasteiger partial charge on any atom is 0.0855 e. The molecule has 0 saturated heterocycles. The van der Waals surface area contributed by atoms with Crippen LogP contribution in [0.2, 0.25) is 0 Å². The molecule has 2 heteroatoms. The highest BCUT2D eigenvalue weighted by Gasteiger charge is 2.03. The van der Waals surface area contributed by atoms with Crippen molar-refractivity contribution in [2.45, 2.75) is 66.0 Å². The monoisotopic (exact) mass is 198 g/mol. The standard InChI is InChI=1S/C12H26N2/c1-6-7-8-9-14(12(4)5)10-13-11(2)3/h10-12H,6-9H2,1-5H3. The molecule has 0 spiro atoms. The molecule has 0 atom stereocenters. The highest BCUT2D eigenvalue weighted by Crippen LogP contribution is 2.01. The molecule has 0 fully saturated rings. The van der Waals surface area contributed by atoms with Crippen molar-refractivity contribution in [3.05, 3.63) is 0 Å². The molecule has 84 valence electrons. The summed E-state index contributed by atoms with van der Waals surface area (Å²) in [4.78, 5) is 6.75. The van der Waals surface area contributed by atoms with Crippen molar-refractivity contribution in [3.63, 3.8) is 0 Å². The molecule has 0 rings (SSSR count). The van der Waals surface area contributed by atoms with Gasteiger partial charge in [0.2, 0.25) is 0 Å². The summed E-state index contributed by atoms with van der Waals surface area (Å²) in [7, 11) is 0. The van der Waals surface area contributed by atoms with Gasteiger partial charge in [-0.25, -0.2) is 0 Å². The van der Waals surface area contributed by atoms with Gasteiger partial charge in [-0.1, -0.05) is 19.8 Å². The molecule has 0 aromatic heterocycles. The van der Waals surface area contributed by atoms with Gasteiger partial charge in [-0.05, 0) is 34.1 Å². The third-order valence-corrected chi connectivity index (χ3v) is 2.20. The van der Waals surface area contributed by atoms with Crippen molar-refractivity contribution in [2.75, 3.05) is 6.54 Å². The number of aliphatic imine (C=N–C) groups is 1. The summed E-state index contributed by atoms with van der Waals surface area (Å²) >= 11 is 0. The Hall–Kier alpha value is -0.530. The molecule has 0 saturated carbocycles. The Kier molecular flexibility index (Phi) is 7.54. The fraction of sp³-hybridized carbons (Fsp3) is 0.917. The smallest absolute Gasteiger partial charge is 0.0855 e. The summed E-state index contributed by atoms with van der Waals surface area (Å²) in [5.74, 6) is 0. The van der Waals surface area contributed by atoms with E-state index in [4.69, 9.17) is 0 Å². The molecule has 0 amide bonds. The van der Waals surface area contributed by atoms with Crippen LogP contribution in [0.5, 0.6) is 0 Å². The van der Waals surface area contributed by atoms with Gasteiger partial charge in [0.25, 0.3) is 0 Å². The first-order chi connectivity index (χ1) is 6.57. The van der Waals surface area contributed by atoms with E-state index in [2.05, 4.69) is 44.5 Å². The molecule has 0 radical (unpaired) electrons. The molecule has 14 heavy (non-hydrogen) atoms. The van der Waals surface area contributed by atoms with E-state index < -0.39 is 0 Å². The summed E-state index contributed by atoms with van der Waals surface area (Å²) in [5.41, 5.74) is 0. The molecule has 2 nitrogen and oxygen atoms in total. The Balaban J connectivity index is 3.90. The lowest BCUT2D eigenvalue weighted by Crippen LogP contribution is -2.30. The molecule has 0 bridgehead atoms. The lowest BCUT2D eigenvalue weighted by molar-refractivity contribution is 0.348. The second-order valence-electron chi connectivity index (χ2n) is 4.40. The Morgan fingerprint density at radius 3 is 2.21 bits per heavy atom. The maximum absolute atomic E-state index is 4.43. The highest BCUT2D eigenvalue weighted by molar-refractivity contribution is 5.55. The van der Waals surface area contributed by atoms with Gasteiger partial charge in [0.1, 0.15) is 0 Å². The van der Waals surface area contributed by atoms with Gasteiger partial charge in [-0.2, -0.15) is 0 Å². The Morgan fingerprint density at radius 2 is 1.79 bits per heavy atom. The number of rotatable bonds is 7. The Labute approximate surface area is 89.4 Å². The first-order valence-corrected chi connectivity index (χ1v) is 5.87. The molecule has 0 aliphatic heterocycles. The summed E-state index contributed by atoms with van der Waals surface area (Å²) in [6.07, 6.45) is 5.90. The lowest BCUT2D eigenvalue weighted by Gasteiger charge is -2.24. The number of nitrogens with zero attached hydrogens (tertiary/aromatic N) is 2. The predicted octanol–water partition coefficient (Wildman–Crippen LogP) is 3.32. The molecule has 0 aromatic carbocycles. The van der Waals surface area contributed by atoms with E-state index in [1.54, 1.807) is 0 Å². The zero-order valence-corrected chi connectivity index (χ0v) is 10.5. The van der Waals surface area contributed by atoms with Crippen molar-refractivity contribution < 1.29 is 0 Å². The van der Waals surface area contributed by atoms with Gasteiger partial charge >= 0.3 is 0 Å². The topological polar surface area (TPSA) is 15.6 Å². The zero-order chi connectivity index (χ0) is 11.0. The van der Waals surface area contributed by atoms with Gasteiger partial charge in [-0.3, -0.25) is 4.99 Å². The minimum atomic E-state index is 0.405. The van der Waals surface area contributed by atoms with Crippen LogP contribution in [-0.2, 0) is 0 Å². The Morgan fingerprint density at radius 1 is 1.14 bits per heavy atom. The third-order valence-electron chi connectivity index (χ3n) is 2.20. The molecule has 0 N–H and O–H groups in total. The van der Waals surface area contributed by atoms with Crippen molar-refractivity contribution >= 4 is 6.34 Å². The van der Waals surface area contributed by atoms with E-state index in [1.807, 2.05) is 6.34 Å². The minimum absolute atomic E-state index is 0.405. The normalized spacial score (nSPS) is 11.9. The van der Waals surface area contributed by atoms with Crippen molar-refractivity contribution in [1.29, 1.82) is 0 Å². The molecule has 0 heterocycles. The molecule has 0 aliphatic carbocycles. The fourth-order valence-electron chi connectivity index (χ4n) is 1.21. The largest absolute Gasteiger partial charge is 0.361 e. The van der Waals surface area contributed by atoms with E-state index in [-0.39, 0.29) is 0 Å². The van der Waals surface area contributed by atoms with Crippen LogP contribution in [0.25, 0.3) is 0 Å². The Bertz CT molecular complexity index is 150. The van der Waals surface area contributed by atoms with Gasteiger partial charge in [-0.15, -0.1) is 0 Å². The van der Waals surface area contributed by atoms with Crippen molar-refractivity contribution in [2.24, 2.45) is 4.99 Å². The number of hydrogen-bond donors (Lipinski definition) is 0. The van der Waals surface area contributed by atoms with Crippen LogP contribution >= 0.6 is 0 Å². The van der Waals surface area contributed by atoms with Gasteiger partial charge in [0, 0.05) is 18.6 Å². The third kappa shape index (κ3) is 6.93. The highest BCUT2D eigenvalue weighted by atomic mass is 15.2. The minimum Gasteiger partial charge on any atom is -0.361 e. The molecule has 0 unspecified atom stereocenters. The predicted molar refractivity (Wildman–Crippen MR) is 65.0 cm³/mol. The molecule has 0 aromatic rings. The average Bonchev–Trinajstić information content (AvgIpc) is 2.10. The second-order valence-corrected chi connectivity index (χ2v) is 4.40. The fourth-order valence-corrected chi connectivity index (χ4v) is 1.21. The summed E-state index contributed by atoms with van der Waals surface area (Å²) in [6.45, 7) is 12.0. The van der Waals surface area contributed by atoms with Gasteiger partial charge < -0.3 is 4.90 Å².